The third-order valence-corrected chi connectivity index (χ3v) is 1.42. The van der Waals surface area contributed by atoms with Gasteiger partial charge in [0.25, 0.3) is 5.91 Å². The normalized spacial score (nSPS) is 11.4. The van der Waals surface area contributed by atoms with Crippen LogP contribution in [-0.4, -0.2) is 18.2 Å². The number of nitrogens with zero attached hydrogens (tertiary/aromatic N) is 1. The molecule has 0 atom stereocenters. The maximum atomic E-state index is 10.8. The molecule has 0 aliphatic carbocycles. The van der Waals surface area contributed by atoms with E-state index in [4.69, 9.17) is 15.0 Å². The van der Waals surface area contributed by atoms with Crippen LogP contribution >= 0.6 is 0 Å². The Kier molecular flexibility index (Phi) is 3.72. The summed E-state index contributed by atoms with van der Waals surface area (Å²) in [6, 6.07) is 3.17. The van der Waals surface area contributed by atoms with Crippen molar-refractivity contribution in [3.05, 3.63) is 24.2 Å². The van der Waals surface area contributed by atoms with E-state index >= 15 is 0 Å². The molecule has 1 rings (SSSR count). The molecule has 1 heterocycles. The first-order valence-electron chi connectivity index (χ1n) is 4.25. The predicted octanol–water partition coefficient (Wildman–Crippen LogP) is 1.22. The molecule has 1 amide bonds. The van der Waals surface area contributed by atoms with Gasteiger partial charge in [0, 0.05) is 0 Å². The van der Waals surface area contributed by atoms with Crippen molar-refractivity contribution in [2.45, 2.75) is 13.3 Å². The van der Waals surface area contributed by atoms with Crippen LogP contribution < -0.4 is 5.73 Å². The lowest BCUT2D eigenvalue weighted by Crippen LogP contribution is -2.16. The van der Waals surface area contributed by atoms with Gasteiger partial charge in [0.1, 0.15) is 6.61 Å². The van der Waals surface area contributed by atoms with Gasteiger partial charge in [-0.05, 0) is 18.6 Å². The van der Waals surface area contributed by atoms with Gasteiger partial charge in [0.2, 0.25) is 5.71 Å². The highest BCUT2D eigenvalue weighted by Crippen LogP contribution is 2.03. The topological polar surface area (TPSA) is 75.6 Å². The third-order valence-electron chi connectivity index (χ3n) is 1.42. The highest BCUT2D eigenvalue weighted by atomic mass is 16.6. The molecule has 0 aliphatic rings. The molecule has 1 aromatic rings. The number of hydrogen-bond acceptors (Lipinski definition) is 4. The summed E-state index contributed by atoms with van der Waals surface area (Å²) in [5.41, 5.74) is 6.83. The molecule has 14 heavy (non-hydrogen) atoms. The van der Waals surface area contributed by atoms with Crippen LogP contribution in [0.3, 0.4) is 0 Å². The summed E-state index contributed by atoms with van der Waals surface area (Å²) in [5, 5.41) is 3.54. The van der Waals surface area contributed by atoms with Crippen molar-refractivity contribution in [1.29, 1.82) is 0 Å². The molecule has 0 aromatic carbocycles. The zero-order valence-electron chi connectivity index (χ0n) is 7.82. The molecule has 5 heteroatoms. The van der Waals surface area contributed by atoms with Crippen molar-refractivity contribution in [3.63, 3.8) is 0 Å². The molecule has 1 radical (unpaired) electrons. The highest BCUT2D eigenvalue weighted by molar-refractivity contribution is 6.43. The lowest BCUT2D eigenvalue weighted by atomic mass is 10.3. The van der Waals surface area contributed by atoms with E-state index in [1.165, 1.54) is 6.26 Å². The van der Waals surface area contributed by atoms with Crippen LogP contribution in [0.4, 0.5) is 0 Å². The molecule has 0 fully saturated rings. The first kappa shape index (κ1) is 10.3. The fourth-order valence-corrected chi connectivity index (χ4v) is 0.813. The summed E-state index contributed by atoms with van der Waals surface area (Å²) in [7, 11) is 0. The summed E-state index contributed by atoms with van der Waals surface area (Å²) in [5.74, 6) is -0.669. The van der Waals surface area contributed by atoms with Gasteiger partial charge in [0.05, 0.1) is 6.26 Å². The second-order valence-corrected chi connectivity index (χ2v) is 2.58. The van der Waals surface area contributed by atoms with Crippen molar-refractivity contribution in [3.8, 4) is 0 Å². The van der Waals surface area contributed by atoms with E-state index in [2.05, 4.69) is 5.16 Å². The molecular weight excluding hydrogens is 184 g/mol. The number of carbonyl (C=O) groups is 1. The maximum absolute atomic E-state index is 10.8. The molecule has 5 nitrogen and oxygen atoms in total. The van der Waals surface area contributed by atoms with Gasteiger partial charge in [0.15, 0.2) is 5.76 Å². The van der Waals surface area contributed by atoms with Crippen molar-refractivity contribution >= 4 is 11.6 Å². The first-order valence-corrected chi connectivity index (χ1v) is 4.25. The largest absolute Gasteiger partial charge is 0.462 e. The zero-order chi connectivity index (χ0) is 10.4. The molecule has 1 aromatic heterocycles. The monoisotopic (exact) mass is 195 g/mol. The first-order chi connectivity index (χ1) is 6.75. The summed E-state index contributed by atoms with van der Waals surface area (Å²) < 4.78 is 4.94. The molecule has 0 aliphatic heterocycles. The Morgan fingerprint density at radius 2 is 2.50 bits per heavy atom. The van der Waals surface area contributed by atoms with Gasteiger partial charge in [-0.3, -0.25) is 10.5 Å². The second kappa shape index (κ2) is 5.06. The average molecular weight is 195 g/mol. The molecule has 75 valence electrons. The van der Waals surface area contributed by atoms with E-state index < -0.39 is 5.91 Å². The standard InChI is InChI=1S/C9H11N2O3/c1-2-5-14-11-8(9(10)12)7-4-3-6-13-7/h3-4,6,10H,2,5H2,1H3. The quantitative estimate of drug-likeness (QED) is 0.402. The fraction of sp³-hybridized carbons (Fsp3) is 0.333. The van der Waals surface area contributed by atoms with Gasteiger partial charge in [-0.25, -0.2) is 0 Å². The van der Waals surface area contributed by atoms with Gasteiger partial charge in [-0.1, -0.05) is 12.1 Å². The molecule has 0 spiro atoms. The zero-order valence-corrected chi connectivity index (χ0v) is 7.82. The number of furan rings is 1. The molecule has 0 bridgehead atoms. The SMILES string of the molecule is CCCON=C(C([NH])=O)c1ccco1. The second-order valence-electron chi connectivity index (χ2n) is 2.58. The van der Waals surface area contributed by atoms with E-state index in [0.717, 1.165) is 6.42 Å². The van der Waals surface area contributed by atoms with E-state index in [1.807, 2.05) is 6.92 Å². The van der Waals surface area contributed by atoms with E-state index in [0.29, 0.717) is 6.61 Å². The van der Waals surface area contributed by atoms with Crippen molar-refractivity contribution < 1.29 is 14.0 Å². The molecule has 0 saturated carbocycles. The van der Waals surface area contributed by atoms with Crippen molar-refractivity contribution in [2.75, 3.05) is 6.61 Å². The van der Waals surface area contributed by atoms with Gasteiger partial charge in [-0.15, -0.1) is 0 Å². The third kappa shape index (κ3) is 2.62. The lowest BCUT2D eigenvalue weighted by molar-refractivity contribution is -0.112. The smallest absolute Gasteiger partial charge is 0.295 e. The summed E-state index contributed by atoms with van der Waals surface area (Å²) in [6.07, 6.45) is 2.20. The Hall–Kier alpha value is -1.78. The minimum atomic E-state index is -0.920. The number of amides is 1. The lowest BCUT2D eigenvalue weighted by Gasteiger charge is -1.98. The van der Waals surface area contributed by atoms with Crippen molar-refractivity contribution in [1.82, 2.24) is 5.73 Å². The minimum absolute atomic E-state index is 0.108. The van der Waals surface area contributed by atoms with Gasteiger partial charge in [-0.2, -0.15) is 0 Å². The minimum Gasteiger partial charge on any atom is -0.462 e. The van der Waals surface area contributed by atoms with Crippen LogP contribution in [0, 0.1) is 0 Å². The molecular formula is C9H11N2O3. The van der Waals surface area contributed by atoms with Crippen molar-refractivity contribution in [2.24, 2.45) is 5.16 Å². The number of oxime groups is 1. The summed E-state index contributed by atoms with van der Waals surface area (Å²) >= 11 is 0. The average Bonchev–Trinajstić information content (AvgIpc) is 2.64. The Morgan fingerprint density at radius 3 is 3.00 bits per heavy atom. The van der Waals surface area contributed by atoms with Crippen LogP contribution in [0.1, 0.15) is 19.1 Å². The number of carbonyl (C=O) groups excluding carboxylic acids is 1. The Bertz CT molecular complexity index is 317. The van der Waals surface area contributed by atoms with Crippen LogP contribution in [0.25, 0.3) is 0 Å². The highest BCUT2D eigenvalue weighted by Gasteiger charge is 2.14. The number of rotatable bonds is 5. The van der Waals surface area contributed by atoms with Crippen LogP contribution in [0.15, 0.2) is 28.0 Å². The van der Waals surface area contributed by atoms with E-state index in [9.17, 15) is 4.79 Å². The Labute approximate surface area is 81.5 Å². The summed E-state index contributed by atoms with van der Waals surface area (Å²) in [6.45, 7) is 2.34. The predicted molar refractivity (Wildman–Crippen MR) is 49.6 cm³/mol. The molecule has 0 saturated heterocycles. The Balaban J connectivity index is 2.75. The number of nitrogens with one attached hydrogen (secondary N) is 1. The van der Waals surface area contributed by atoms with Crippen LogP contribution in [0.2, 0.25) is 0 Å². The molecule has 0 unspecified atom stereocenters. The van der Waals surface area contributed by atoms with Crippen LogP contribution in [-0.2, 0) is 9.63 Å². The van der Waals surface area contributed by atoms with Gasteiger partial charge < -0.3 is 9.25 Å². The molecule has 1 N–H and O–H groups in total. The fourth-order valence-electron chi connectivity index (χ4n) is 0.813. The Morgan fingerprint density at radius 1 is 1.71 bits per heavy atom. The van der Waals surface area contributed by atoms with E-state index in [1.54, 1.807) is 12.1 Å². The van der Waals surface area contributed by atoms with Gasteiger partial charge >= 0.3 is 0 Å². The number of hydrogen-bond donors (Lipinski definition) is 0. The summed E-state index contributed by atoms with van der Waals surface area (Å²) in [4.78, 5) is 15.6. The van der Waals surface area contributed by atoms with Crippen LogP contribution in [0.5, 0.6) is 0 Å². The van der Waals surface area contributed by atoms with E-state index in [-0.39, 0.29) is 11.5 Å². The maximum Gasteiger partial charge on any atom is 0.295 e.